The van der Waals surface area contributed by atoms with Crippen LogP contribution in [0.15, 0.2) is 75.6 Å². The van der Waals surface area contributed by atoms with Crippen molar-refractivity contribution in [3.8, 4) is 0 Å². The van der Waals surface area contributed by atoms with Crippen LogP contribution in [-0.4, -0.2) is 49.6 Å². The molecule has 0 spiro atoms. The van der Waals surface area contributed by atoms with Gasteiger partial charge in [0, 0.05) is 36.4 Å². The molecule has 2 aliphatic heterocycles. The number of hydrogen-bond acceptors (Lipinski definition) is 12. The highest BCUT2D eigenvalue weighted by molar-refractivity contribution is 8.07. The van der Waals surface area contributed by atoms with E-state index in [-0.39, 0.29) is 43.3 Å². The van der Waals surface area contributed by atoms with E-state index in [1.165, 1.54) is 6.07 Å². The SMILES string of the molecule is C.C.CC1(C)CC(S(=N)(=O)Cc2c(F)cccc2F)=NO1.CC1(C)CC(S(=O)(Cc2c(F)cccc2F)=Nc2nccc(C(F)(F)F)n2)=NO1.FC(F)(F)c1ccnc(Cl)n1. The number of benzene rings is 2. The largest absolute Gasteiger partial charge is 0.433 e. The Labute approximate surface area is 350 Å². The van der Waals surface area contributed by atoms with Crippen LogP contribution < -0.4 is 0 Å². The number of alkyl halides is 6. The molecule has 2 atom stereocenters. The molecule has 0 aliphatic carbocycles. The Morgan fingerprint density at radius 3 is 1.49 bits per heavy atom. The molecule has 2 aliphatic rings. The van der Waals surface area contributed by atoms with E-state index in [1.807, 2.05) is 0 Å². The summed E-state index contributed by atoms with van der Waals surface area (Å²) in [6, 6.07) is 7.81. The summed E-state index contributed by atoms with van der Waals surface area (Å²) in [4.78, 5) is 23.3. The van der Waals surface area contributed by atoms with Gasteiger partial charge in [0.15, 0.2) is 10.1 Å². The average molecular weight is 937 g/mol. The first-order valence-corrected chi connectivity index (χ1v) is 20.2. The number of aromatic nitrogens is 4. The monoisotopic (exact) mass is 936 g/mol. The van der Waals surface area contributed by atoms with Gasteiger partial charge in [-0.2, -0.15) is 30.7 Å². The zero-order valence-electron chi connectivity index (χ0n) is 30.8. The first-order chi connectivity index (χ1) is 27.1. The van der Waals surface area contributed by atoms with Crippen molar-refractivity contribution in [1.82, 2.24) is 19.9 Å². The first-order valence-electron chi connectivity index (χ1n) is 16.4. The Kier molecular flexibility index (Phi) is 17.0. The van der Waals surface area contributed by atoms with Crippen molar-refractivity contribution < 1.29 is 62.0 Å². The van der Waals surface area contributed by atoms with Crippen LogP contribution >= 0.6 is 11.6 Å². The van der Waals surface area contributed by atoms with Crippen LogP contribution in [0.5, 0.6) is 0 Å². The van der Waals surface area contributed by atoms with Crippen LogP contribution in [0.1, 0.15) is 77.9 Å². The molecule has 0 bridgehead atoms. The maximum atomic E-state index is 14.1. The third kappa shape index (κ3) is 14.3. The third-order valence-corrected chi connectivity index (χ3v) is 11.5. The van der Waals surface area contributed by atoms with Crippen molar-refractivity contribution in [2.24, 2.45) is 14.7 Å². The third-order valence-electron chi connectivity index (χ3n) is 7.58. The van der Waals surface area contributed by atoms with E-state index in [1.54, 1.807) is 27.7 Å². The second-order valence-corrected chi connectivity index (χ2v) is 18.2. The lowest BCUT2D eigenvalue weighted by Crippen LogP contribution is -2.24. The molecule has 0 amide bonds. The molecule has 61 heavy (non-hydrogen) atoms. The highest BCUT2D eigenvalue weighted by Crippen LogP contribution is 2.32. The normalized spacial score (nSPS) is 17.0. The molecule has 2 aromatic carbocycles. The van der Waals surface area contributed by atoms with Gasteiger partial charge in [0.25, 0.3) is 5.95 Å². The quantitative estimate of drug-likeness (QED) is 0.153. The highest BCUT2D eigenvalue weighted by Gasteiger charge is 2.38. The van der Waals surface area contributed by atoms with Gasteiger partial charge in [-0.3, -0.25) is 0 Å². The molecule has 25 heteroatoms. The van der Waals surface area contributed by atoms with E-state index in [2.05, 4.69) is 34.6 Å². The topological polar surface area (TPSA) is 165 Å². The summed E-state index contributed by atoms with van der Waals surface area (Å²) in [5, 5.41) is 6.82. The van der Waals surface area contributed by atoms with E-state index < -0.39 is 106 Å². The van der Waals surface area contributed by atoms with Crippen LogP contribution in [0, 0.1) is 28.0 Å². The minimum atomic E-state index is -4.78. The molecular weight excluding hydrogens is 898 g/mol. The zero-order valence-corrected chi connectivity index (χ0v) is 33.2. The minimum Gasteiger partial charge on any atom is -0.389 e. The Balaban J connectivity index is 0.000000344. The van der Waals surface area contributed by atoms with Crippen LogP contribution in [0.2, 0.25) is 5.28 Å². The lowest BCUT2D eigenvalue weighted by molar-refractivity contribution is -0.142. The van der Waals surface area contributed by atoms with Gasteiger partial charge in [-0.25, -0.2) is 50.7 Å². The Bertz CT molecular complexity index is 2450. The number of halogens is 11. The summed E-state index contributed by atoms with van der Waals surface area (Å²) in [6.45, 7) is 6.74. The molecule has 0 saturated carbocycles. The predicted octanol–water partition coefficient (Wildman–Crippen LogP) is 11.0. The number of nitrogens with one attached hydrogen (secondary N) is 1. The number of oxime groups is 2. The van der Waals surface area contributed by atoms with Gasteiger partial charge in [-0.15, -0.1) is 0 Å². The van der Waals surface area contributed by atoms with E-state index >= 15 is 0 Å². The Morgan fingerprint density at radius 2 is 1.10 bits per heavy atom. The average Bonchev–Trinajstić information content (AvgIpc) is 3.69. The summed E-state index contributed by atoms with van der Waals surface area (Å²) in [6.07, 6.45) is -7.27. The molecular formula is C36H39ClF10N8O4S2. The zero-order chi connectivity index (χ0) is 44.2. The van der Waals surface area contributed by atoms with Crippen LogP contribution in [-0.2, 0) is 53.0 Å². The van der Waals surface area contributed by atoms with Crippen molar-refractivity contribution in [3.63, 3.8) is 0 Å². The molecule has 1 N–H and O–H groups in total. The van der Waals surface area contributed by atoms with E-state index in [9.17, 15) is 52.3 Å². The van der Waals surface area contributed by atoms with Gasteiger partial charge >= 0.3 is 12.4 Å². The number of rotatable bonds is 5. The Morgan fingerprint density at radius 1 is 0.689 bits per heavy atom. The molecule has 336 valence electrons. The lowest BCUT2D eigenvalue weighted by Gasteiger charge is -2.15. The molecule has 4 heterocycles. The molecule has 12 nitrogen and oxygen atoms in total. The fraction of sp³-hybridized carbons (Fsp3) is 0.389. The molecule has 4 aromatic rings. The van der Waals surface area contributed by atoms with Gasteiger partial charge < -0.3 is 9.68 Å². The summed E-state index contributed by atoms with van der Waals surface area (Å²) >= 11 is 5.13. The second-order valence-electron chi connectivity index (χ2n) is 13.6. The van der Waals surface area contributed by atoms with Crippen molar-refractivity contribution in [2.75, 3.05) is 0 Å². The number of nitrogens with zero attached hydrogens (tertiary/aromatic N) is 7. The first kappa shape index (κ1) is 52.2. The van der Waals surface area contributed by atoms with Crippen LogP contribution in [0.3, 0.4) is 0 Å². The summed E-state index contributed by atoms with van der Waals surface area (Å²) < 4.78 is 167. The molecule has 2 unspecified atom stereocenters. The molecule has 0 fully saturated rings. The van der Waals surface area contributed by atoms with E-state index in [4.69, 9.17) is 26.1 Å². The van der Waals surface area contributed by atoms with Gasteiger partial charge in [-0.1, -0.05) is 37.3 Å². The molecule has 2 aromatic heterocycles. The predicted molar refractivity (Wildman–Crippen MR) is 208 cm³/mol. The van der Waals surface area contributed by atoms with Gasteiger partial charge in [0.2, 0.25) is 5.28 Å². The maximum absolute atomic E-state index is 14.1. The molecule has 0 saturated heterocycles. The highest BCUT2D eigenvalue weighted by atomic mass is 35.5. The number of hydrogen-bond donors (Lipinski definition) is 1. The maximum Gasteiger partial charge on any atom is 0.433 e. The summed E-state index contributed by atoms with van der Waals surface area (Å²) in [7, 11) is -7.16. The summed E-state index contributed by atoms with van der Waals surface area (Å²) in [5.41, 5.74) is -4.72. The van der Waals surface area contributed by atoms with Gasteiger partial charge in [0.05, 0.1) is 21.2 Å². The van der Waals surface area contributed by atoms with Gasteiger partial charge in [0.1, 0.15) is 55.6 Å². The molecule has 6 rings (SSSR count). The molecule has 0 radical (unpaired) electrons. The van der Waals surface area contributed by atoms with Gasteiger partial charge in [-0.05, 0) is 75.7 Å². The van der Waals surface area contributed by atoms with Crippen LogP contribution in [0.25, 0.3) is 0 Å². The van der Waals surface area contributed by atoms with E-state index in [0.29, 0.717) is 6.07 Å². The second kappa shape index (κ2) is 19.8. The minimum absolute atomic E-state index is 0. The smallest absolute Gasteiger partial charge is 0.389 e. The standard InChI is InChI=1S/C17H15F5N4O2S.C12H14F2N2O2S.C5H2ClF3N2.2CH4/c1-16(2)8-14(25-28-16)29(27,9-10-11(18)4-3-5-12(10)19)26-15-23-7-6-13(24-15)17(20,21)22;1-12(2)6-11(16-18-12)19(15,17)7-8-9(13)4-3-5-10(8)14;6-4-10-2-1-3(11-4)5(7,8)9;;/h3-7H,8-9H2,1-2H3;3-5,15H,6-7H2,1-2H3;1-2H;2*1H4. The lowest BCUT2D eigenvalue weighted by atomic mass is 10.1. The van der Waals surface area contributed by atoms with Crippen molar-refractivity contribution in [1.29, 1.82) is 4.78 Å². The van der Waals surface area contributed by atoms with Crippen molar-refractivity contribution >= 4 is 47.1 Å². The Hall–Kier alpha value is -4.97. The summed E-state index contributed by atoms with van der Waals surface area (Å²) in [5.74, 6) is -5.62. The fourth-order valence-electron chi connectivity index (χ4n) is 4.72. The van der Waals surface area contributed by atoms with Crippen LogP contribution in [0.4, 0.5) is 49.9 Å². The van der Waals surface area contributed by atoms with Crippen molar-refractivity contribution in [3.05, 3.63) is 112 Å². The fourth-order valence-corrected chi connectivity index (χ4v) is 8.54. The van der Waals surface area contributed by atoms with Crippen molar-refractivity contribution in [2.45, 2.75) is 90.5 Å². The van der Waals surface area contributed by atoms with E-state index in [0.717, 1.165) is 48.8 Å².